The summed E-state index contributed by atoms with van der Waals surface area (Å²) in [6.07, 6.45) is 3.32. The number of carboxylic acids is 1. The molecule has 0 aromatic carbocycles. The van der Waals surface area contributed by atoms with Gasteiger partial charge in [0.15, 0.2) is 5.69 Å². The lowest BCUT2D eigenvalue weighted by Gasteiger charge is -2.00. The van der Waals surface area contributed by atoms with E-state index in [-0.39, 0.29) is 5.69 Å². The molecule has 0 aliphatic heterocycles. The number of aromatic carboxylic acids is 1. The summed E-state index contributed by atoms with van der Waals surface area (Å²) < 4.78 is 1.72. The fourth-order valence-corrected chi connectivity index (χ4v) is 2.11. The topological polar surface area (TPSA) is 67.5 Å². The maximum absolute atomic E-state index is 11.2. The van der Waals surface area contributed by atoms with Gasteiger partial charge in [-0.05, 0) is 24.3 Å². The van der Waals surface area contributed by atoms with E-state index in [9.17, 15) is 9.90 Å². The number of carboxylic acid groups (broad SMARTS) is 1. The van der Waals surface area contributed by atoms with E-state index < -0.39 is 5.97 Å². The van der Waals surface area contributed by atoms with Gasteiger partial charge in [-0.25, -0.2) is 14.8 Å². The molecule has 3 aromatic rings. The van der Waals surface area contributed by atoms with Gasteiger partial charge < -0.3 is 5.11 Å². The number of fused-ring (bicyclic) bond motifs is 1. The number of aromatic nitrogens is 3. The van der Waals surface area contributed by atoms with Crippen molar-refractivity contribution < 1.29 is 9.90 Å². The minimum atomic E-state index is -1.06. The highest BCUT2D eigenvalue weighted by molar-refractivity contribution is 6.29. The van der Waals surface area contributed by atoms with Crippen molar-refractivity contribution in [2.75, 3.05) is 0 Å². The van der Waals surface area contributed by atoms with Gasteiger partial charge in [-0.3, -0.25) is 4.40 Å². The second-order valence-corrected chi connectivity index (χ2v) is 4.30. The zero-order chi connectivity index (χ0) is 13.4. The molecule has 0 radical (unpaired) electrons. The molecule has 1 N–H and O–H groups in total. The zero-order valence-corrected chi connectivity index (χ0v) is 10.4. The largest absolute Gasteiger partial charge is 0.476 e. The maximum atomic E-state index is 11.2. The Morgan fingerprint density at radius 2 is 2.16 bits per heavy atom. The van der Waals surface area contributed by atoms with Crippen LogP contribution in [0.15, 0.2) is 42.7 Å². The zero-order valence-electron chi connectivity index (χ0n) is 9.62. The van der Waals surface area contributed by atoms with Crippen LogP contribution in [0.5, 0.6) is 0 Å². The van der Waals surface area contributed by atoms with Crippen LogP contribution < -0.4 is 0 Å². The van der Waals surface area contributed by atoms with Gasteiger partial charge in [0, 0.05) is 18.0 Å². The van der Waals surface area contributed by atoms with Crippen LogP contribution >= 0.6 is 11.6 Å². The van der Waals surface area contributed by atoms with Gasteiger partial charge in [-0.15, -0.1) is 0 Å². The van der Waals surface area contributed by atoms with Crippen LogP contribution in [-0.4, -0.2) is 25.4 Å². The predicted molar refractivity (Wildman–Crippen MR) is 70.4 cm³/mol. The molecule has 3 rings (SSSR count). The van der Waals surface area contributed by atoms with Gasteiger partial charge in [0.1, 0.15) is 11.0 Å². The number of imidazole rings is 1. The van der Waals surface area contributed by atoms with E-state index in [2.05, 4.69) is 9.97 Å². The van der Waals surface area contributed by atoms with Crippen molar-refractivity contribution in [1.29, 1.82) is 0 Å². The first-order chi connectivity index (χ1) is 9.16. The molecule has 6 heteroatoms. The van der Waals surface area contributed by atoms with E-state index in [0.29, 0.717) is 22.1 Å². The SMILES string of the molecule is O=C(O)c1nc(-c2ccnc(Cl)c2)n2ccccc12. The summed E-state index contributed by atoms with van der Waals surface area (Å²) in [5.74, 6) is -0.535. The molecule has 0 amide bonds. The van der Waals surface area contributed by atoms with Crippen LogP contribution in [0, 0.1) is 0 Å². The van der Waals surface area contributed by atoms with Crippen molar-refractivity contribution in [2.45, 2.75) is 0 Å². The Hall–Kier alpha value is -2.40. The Balaban J connectivity index is 2.33. The highest BCUT2D eigenvalue weighted by Gasteiger charge is 2.17. The highest BCUT2D eigenvalue weighted by atomic mass is 35.5. The van der Waals surface area contributed by atoms with Crippen LogP contribution in [-0.2, 0) is 0 Å². The van der Waals surface area contributed by atoms with E-state index in [4.69, 9.17) is 11.6 Å². The van der Waals surface area contributed by atoms with Crippen LogP contribution in [0.1, 0.15) is 10.5 Å². The number of halogens is 1. The van der Waals surface area contributed by atoms with Crippen LogP contribution in [0.4, 0.5) is 0 Å². The van der Waals surface area contributed by atoms with Crippen molar-refractivity contribution in [3.8, 4) is 11.4 Å². The summed E-state index contributed by atoms with van der Waals surface area (Å²) in [4.78, 5) is 19.3. The molecular weight excluding hydrogens is 266 g/mol. The smallest absolute Gasteiger partial charge is 0.356 e. The third kappa shape index (κ3) is 1.94. The summed E-state index contributed by atoms with van der Waals surface area (Å²) >= 11 is 5.85. The number of hydrogen-bond acceptors (Lipinski definition) is 3. The summed E-state index contributed by atoms with van der Waals surface area (Å²) in [5, 5.41) is 9.52. The Labute approximate surface area is 113 Å². The fourth-order valence-electron chi connectivity index (χ4n) is 1.94. The Morgan fingerprint density at radius 3 is 2.89 bits per heavy atom. The van der Waals surface area contributed by atoms with E-state index in [0.717, 1.165) is 0 Å². The molecule has 0 unspecified atom stereocenters. The molecule has 5 nitrogen and oxygen atoms in total. The molecule has 0 saturated carbocycles. The van der Waals surface area contributed by atoms with Gasteiger partial charge >= 0.3 is 5.97 Å². The van der Waals surface area contributed by atoms with Crippen molar-refractivity contribution in [1.82, 2.24) is 14.4 Å². The Morgan fingerprint density at radius 1 is 1.32 bits per heavy atom. The highest BCUT2D eigenvalue weighted by Crippen LogP contribution is 2.24. The first-order valence-electron chi connectivity index (χ1n) is 5.49. The summed E-state index contributed by atoms with van der Waals surface area (Å²) in [5.41, 5.74) is 1.27. The lowest BCUT2D eigenvalue weighted by Crippen LogP contribution is -1.96. The molecule has 0 bridgehead atoms. The number of pyridine rings is 2. The Kier molecular flexibility index (Phi) is 2.68. The second kappa shape index (κ2) is 4.37. The van der Waals surface area contributed by atoms with Crippen molar-refractivity contribution >= 4 is 23.1 Å². The summed E-state index contributed by atoms with van der Waals surface area (Å²) in [6, 6.07) is 8.68. The molecule has 0 atom stereocenters. The average molecular weight is 274 g/mol. The monoisotopic (exact) mass is 273 g/mol. The normalized spacial score (nSPS) is 10.8. The summed E-state index contributed by atoms with van der Waals surface area (Å²) in [6.45, 7) is 0. The van der Waals surface area contributed by atoms with Crippen LogP contribution in [0.25, 0.3) is 16.9 Å². The lowest BCUT2D eigenvalue weighted by molar-refractivity contribution is 0.0693. The number of hydrogen-bond donors (Lipinski definition) is 1. The van der Waals surface area contributed by atoms with Gasteiger partial charge in [-0.2, -0.15) is 0 Å². The standard InChI is InChI=1S/C13H8ClN3O2/c14-10-7-8(4-5-15-10)12-16-11(13(18)19)9-3-1-2-6-17(9)12/h1-7H,(H,18,19). The van der Waals surface area contributed by atoms with Crippen molar-refractivity contribution in [3.05, 3.63) is 53.6 Å². The second-order valence-electron chi connectivity index (χ2n) is 3.91. The van der Waals surface area contributed by atoms with Gasteiger partial charge in [-0.1, -0.05) is 17.7 Å². The first kappa shape index (κ1) is 11.7. The molecule has 94 valence electrons. The summed E-state index contributed by atoms with van der Waals surface area (Å²) in [7, 11) is 0. The molecule has 0 aliphatic rings. The number of carbonyl (C=O) groups is 1. The fraction of sp³-hybridized carbons (Fsp3) is 0. The Bertz CT molecular complexity index is 782. The van der Waals surface area contributed by atoms with E-state index in [1.54, 1.807) is 41.1 Å². The van der Waals surface area contributed by atoms with E-state index in [1.165, 1.54) is 0 Å². The lowest BCUT2D eigenvalue weighted by atomic mass is 10.2. The van der Waals surface area contributed by atoms with Crippen LogP contribution in [0.3, 0.4) is 0 Å². The third-order valence-corrected chi connectivity index (χ3v) is 2.94. The molecule has 0 saturated heterocycles. The predicted octanol–water partition coefficient (Wildman–Crippen LogP) is 2.75. The number of nitrogens with zero attached hydrogens (tertiary/aromatic N) is 3. The van der Waals surface area contributed by atoms with E-state index >= 15 is 0 Å². The molecule has 3 heterocycles. The minimum absolute atomic E-state index is 0.0172. The molecular formula is C13H8ClN3O2. The molecule has 3 aromatic heterocycles. The molecule has 19 heavy (non-hydrogen) atoms. The van der Waals surface area contributed by atoms with Crippen LogP contribution in [0.2, 0.25) is 5.15 Å². The number of rotatable bonds is 2. The maximum Gasteiger partial charge on any atom is 0.356 e. The van der Waals surface area contributed by atoms with Gasteiger partial charge in [0.05, 0.1) is 5.52 Å². The molecule has 0 spiro atoms. The third-order valence-electron chi connectivity index (χ3n) is 2.74. The van der Waals surface area contributed by atoms with Gasteiger partial charge in [0.2, 0.25) is 0 Å². The van der Waals surface area contributed by atoms with Gasteiger partial charge in [0.25, 0.3) is 0 Å². The average Bonchev–Trinajstić information content (AvgIpc) is 2.78. The first-order valence-corrected chi connectivity index (χ1v) is 5.87. The molecule has 0 aliphatic carbocycles. The quantitative estimate of drug-likeness (QED) is 0.729. The minimum Gasteiger partial charge on any atom is -0.476 e. The molecule has 0 fully saturated rings. The van der Waals surface area contributed by atoms with E-state index in [1.807, 2.05) is 6.07 Å². The van der Waals surface area contributed by atoms with Crippen molar-refractivity contribution in [2.24, 2.45) is 0 Å². The van der Waals surface area contributed by atoms with Crippen molar-refractivity contribution in [3.63, 3.8) is 0 Å².